The molecular weight excluding hydrogens is 286 g/mol. The first-order valence-electron chi connectivity index (χ1n) is 7.28. The van der Waals surface area contributed by atoms with E-state index in [9.17, 15) is 15.0 Å². The Labute approximate surface area is 131 Å². The molecule has 1 aromatic rings. The number of nitrogens with one attached hydrogen (secondary N) is 1. The lowest BCUT2D eigenvalue weighted by Gasteiger charge is -2.30. The third-order valence-electron chi connectivity index (χ3n) is 3.67. The van der Waals surface area contributed by atoms with Gasteiger partial charge in [0.15, 0.2) is 0 Å². The molecule has 1 amide bonds. The maximum absolute atomic E-state index is 12.1. The van der Waals surface area contributed by atoms with Crippen LogP contribution in [0.15, 0.2) is 24.3 Å². The number of rotatable bonds is 9. The Bertz CT molecular complexity index is 465. The van der Waals surface area contributed by atoms with Crippen LogP contribution in [-0.4, -0.2) is 48.1 Å². The van der Waals surface area contributed by atoms with E-state index >= 15 is 0 Å². The molecule has 124 valence electrons. The maximum Gasteiger partial charge on any atom is 0.249 e. The molecule has 6 heteroatoms. The highest BCUT2D eigenvalue weighted by Gasteiger charge is 2.30. The molecule has 0 heterocycles. The van der Waals surface area contributed by atoms with Crippen molar-refractivity contribution in [3.8, 4) is 5.75 Å². The largest absolute Gasteiger partial charge is 0.497 e. The number of aliphatic hydroxyl groups excluding tert-OH is 2. The van der Waals surface area contributed by atoms with Gasteiger partial charge in [-0.3, -0.25) is 4.79 Å². The van der Waals surface area contributed by atoms with Gasteiger partial charge in [0.25, 0.3) is 0 Å². The molecule has 0 unspecified atom stereocenters. The zero-order valence-electron chi connectivity index (χ0n) is 13.3. The highest BCUT2D eigenvalue weighted by Crippen LogP contribution is 2.14. The molecule has 6 nitrogen and oxygen atoms in total. The lowest BCUT2D eigenvalue weighted by Crippen LogP contribution is -2.56. The van der Waals surface area contributed by atoms with Gasteiger partial charge in [-0.05, 0) is 31.0 Å². The molecule has 0 fully saturated rings. The number of hydrogen-bond acceptors (Lipinski definition) is 5. The van der Waals surface area contributed by atoms with Crippen molar-refractivity contribution in [3.63, 3.8) is 0 Å². The van der Waals surface area contributed by atoms with Gasteiger partial charge in [0.2, 0.25) is 5.91 Å². The molecule has 0 radical (unpaired) electrons. The fourth-order valence-corrected chi connectivity index (χ4v) is 1.86. The van der Waals surface area contributed by atoms with E-state index in [-0.39, 0.29) is 25.7 Å². The van der Waals surface area contributed by atoms with Crippen molar-refractivity contribution in [2.75, 3.05) is 20.3 Å². The van der Waals surface area contributed by atoms with Crippen molar-refractivity contribution in [2.45, 2.75) is 38.5 Å². The van der Waals surface area contributed by atoms with E-state index in [1.54, 1.807) is 21.0 Å². The van der Waals surface area contributed by atoms with Gasteiger partial charge in [0, 0.05) is 0 Å². The molecular formula is C16H25NO5. The van der Waals surface area contributed by atoms with Gasteiger partial charge in [-0.2, -0.15) is 0 Å². The van der Waals surface area contributed by atoms with Crippen LogP contribution in [0, 0.1) is 0 Å². The summed E-state index contributed by atoms with van der Waals surface area (Å²) in [5, 5.41) is 21.3. The summed E-state index contributed by atoms with van der Waals surface area (Å²) in [5.41, 5.74) is -0.116. The second-order valence-corrected chi connectivity index (χ2v) is 5.24. The van der Waals surface area contributed by atoms with Gasteiger partial charge in [-0.25, -0.2) is 0 Å². The predicted octanol–water partition coefficient (Wildman–Crippen LogP) is 0.850. The van der Waals surface area contributed by atoms with Crippen molar-refractivity contribution in [2.24, 2.45) is 0 Å². The second kappa shape index (κ2) is 8.73. The monoisotopic (exact) mass is 311 g/mol. The van der Waals surface area contributed by atoms with Crippen LogP contribution in [0.2, 0.25) is 0 Å². The fraction of sp³-hybridized carbons (Fsp3) is 0.562. The fourth-order valence-electron chi connectivity index (χ4n) is 1.86. The SMILES string of the molecule is CCC(CO)(CO)NC(=O)[C@@H](C)OCc1cccc(OC)c1. The topological polar surface area (TPSA) is 88.0 Å². The summed E-state index contributed by atoms with van der Waals surface area (Å²) in [5.74, 6) is 0.358. The van der Waals surface area contributed by atoms with Crippen LogP contribution in [0.4, 0.5) is 0 Å². The molecule has 22 heavy (non-hydrogen) atoms. The quantitative estimate of drug-likeness (QED) is 0.629. The second-order valence-electron chi connectivity index (χ2n) is 5.24. The first kappa shape index (κ1) is 18.4. The van der Waals surface area contributed by atoms with Crippen LogP contribution in [0.1, 0.15) is 25.8 Å². The Morgan fingerprint density at radius 3 is 2.59 bits per heavy atom. The molecule has 3 N–H and O–H groups in total. The molecule has 1 atom stereocenters. The first-order chi connectivity index (χ1) is 10.5. The summed E-state index contributed by atoms with van der Waals surface area (Å²) in [6, 6.07) is 7.40. The van der Waals surface area contributed by atoms with E-state index in [2.05, 4.69) is 5.32 Å². The van der Waals surface area contributed by atoms with Crippen molar-refractivity contribution in [1.82, 2.24) is 5.32 Å². The highest BCUT2D eigenvalue weighted by atomic mass is 16.5. The Kier molecular flexibility index (Phi) is 7.31. The number of carbonyl (C=O) groups excluding carboxylic acids is 1. The summed E-state index contributed by atoms with van der Waals surface area (Å²) in [6.45, 7) is 3.03. The molecule has 0 aliphatic heterocycles. The minimum atomic E-state index is -1.01. The maximum atomic E-state index is 12.1. The van der Waals surface area contributed by atoms with E-state index in [4.69, 9.17) is 9.47 Å². The minimum absolute atomic E-state index is 0.267. The molecule has 0 spiro atoms. The zero-order chi connectivity index (χ0) is 16.6. The summed E-state index contributed by atoms with van der Waals surface area (Å²) >= 11 is 0. The number of benzene rings is 1. The van der Waals surface area contributed by atoms with Crippen LogP contribution >= 0.6 is 0 Å². The van der Waals surface area contributed by atoms with Gasteiger partial charge in [0.1, 0.15) is 11.9 Å². The van der Waals surface area contributed by atoms with Crippen LogP contribution in [0.3, 0.4) is 0 Å². The van der Waals surface area contributed by atoms with Gasteiger partial charge in [0.05, 0.1) is 32.5 Å². The normalized spacial score (nSPS) is 12.8. The van der Waals surface area contributed by atoms with E-state index in [1.165, 1.54) is 0 Å². The lowest BCUT2D eigenvalue weighted by atomic mass is 9.98. The minimum Gasteiger partial charge on any atom is -0.497 e. The number of aliphatic hydroxyl groups is 2. The third-order valence-corrected chi connectivity index (χ3v) is 3.67. The van der Waals surface area contributed by atoms with Crippen molar-refractivity contribution < 1.29 is 24.5 Å². The summed E-state index contributed by atoms with van der Waals surface area (Å²) in [4.78, 5) is 12.1. The molecule has 0 aliphatic carbocycles. The summed E-state index contributed by atoms with van der Waals surface area (Å²) < 4.78 is 10.7. The van der Waals surface area contributed by atoms with Crippen molar-refractivity contribution in [3.05, 3.63) is 29.8 Å². The molecule has 1 rings (SSSR count). The third kappa shape index (κ3) is 4.98. The van der Waals surface area contributed by atoms with Crippen LogP contribution in [0.5, 0.6) is 5.75 Å². The average molecular weight is 311 g/mol. The number of methoxy groups -OCH3 is 1. The average Bonchev–Trinajstić information content (AvgIpc) is 2.57. The number of hydrogen-bond donors (Lipinski definition) is 3. The molecule has 0 aliphatic rings. The number of amides is 1. The first-order valence-corrected chi connectivity index (χ1v) is 7.28. The standard InChI is InChI=1S/C16H25NO5/c1-4-16(10-18,11-19)17-15(20)12(2)22-9-13-6-5-7-14(8-13)21-3/h5-8,12,18-19H,4,9-11H2,1-3H3,(H,17,20)/t12-/m1/s1. The van der Waals surface area contributed by atoms with Gasteiger partial charge in [-0.1, -0.05) is 19.1 Å². The van der Waals surface area contributed by atoms with Crippen molar-refractivity contribution in [1.29, 1.82) is 0 Å². The van der Waals surface area contributed by atoms with Crippen LogP contribution in [-0.2, 0) is 16.1 Å². The van der Waals surface area contributed by atoms with E-state index in [0.29, 0.717) is 6.42 Å². The van der Waals surface area contributed by atoms with Crippen LogP contribution < -0.4 is 10.1 Å². The van der Waals surface area contributed by atoms with Gasteiger partial charge in [-0.15, -0.1) is 0 Å². The number of carbonyl (C=O) groups is 1. The molecule has 0 bridgehead atoms. The van der Waals surface area contributed by atoms with E-state index < -0.39 is 11.6 Å². The van der Waals surface area contributed by atoms with Crippen LogP contribution in [0.25, 0.3) is 0 Å². The predicted molar refractivity (Wildman–Crippen MR) is 82.6 cm³/mol. The van der Waals surface area contributed by atoms with E-state index in [0.717, 1.165) is 11.3 Å². The molecule has 0 aromatic heterocycles. The smallest absolute Gasteiger partial charge is 0.249 e. The lowest BCUT2D eigenvalue weighted by molar-refractivity contribution is -0.136. The Morgan fingerprint density at radius 1 is 1.36 bits per heavy atom. The molecule has 0 saturated heterocycles. The molecule has 1 aromatic carbocycles. The van der Waals surface area contributed by atoms with Gasteiger partial charge < -0.3 is 25.0 Å². The molecule has 0 saturated carbocycles. The Balaban J connectivity index is 2.57. The Hall–Kier alpha value is -1.63. The summed E-state index contributed by atoms with van der Waals surface area (Å²) in [7, 11) is 1.59. The highest BCUT2D eigenvalue weighted by molar-refractivity contribution is 5.81. The zero-order valence-corrected chi connectivity index (χ0v) is 13.3. The van der Waals surface area contributed by atoms with Gasteiger partial charge >= 0.3 is 0 Å². The van der Waals surface area contributed by atoms with E-state index in [1.807, 2.05) is 24.3 Å². The summed E-state index contributed by atoms with van der Waals surface area (Å²) in [6.07, 6.45) is -0.274. The Morgan fingerprint density at radius 2 is 2.05 bits per heavy atom. The number of ether oxygens (including phenoxy) is 2. The van der Waals surface area contributed by atoms with Crippen molar-refractivity contribution >= 4 is 5.91 Å².